The molecule has 1 aromatic rings. The van der Waals surface area contributed by atoms with E-state index in [4.69, 9.17) is 11.0 Å². The largest absolute Gasteiger partial charge is 0.312 e. The molecule has 0 fully saturated rings. The molecule has 0 aromatic heterocycles. The second-order valence-corrected chi connectivity index (χ2v) is 2.91. The van der Waals surface area contributed by atoms with Crippen molar-refractivity contribution in [1.29, 1.82) is 5.26 Å². The minimum atomic E-state index is -0.494. The number of nitrogens with two attached hydrogens (primary N) is 1. The van der Waals surface area contributed by atoms with E-state index >= 15 is 0 Å². The molecule has 1 rings (SSSR count). The summed E-state index contributed by atoms with van der Waals surface area (Å²) >= 11 is 0. The number of hydrogen-bond acceptors (Lipinski definition) is 2. The topological polar surface area (TPSA) is 49.8 Å². The van der Waals surface area contributed by atoms with Gasteiger partial charge in [0.05, 0.1) is 6.07 Å². The Bertz CT molecular complexity index is 303. The van der Waals surface area contributed by atoms with Gasteiger partial charge < -0.3 is 5.73 Å². The van der Waals surface area contributed by atoms with Gasteiger partial charge in [0, 0.05) is 0 Å². The fourth-order valence-corrected chi connectivity index (χ4v) is 1.38. The minimum absolute atomic E-state index is 0.494. The number of hydrogen-bond donors (Lipinski definition) is 1. The molecule has 0 unspecified atom stereocenters. The van der Waals surface area contributed by atoms with Gasteiger partial charge in [-0.3, -0.25) is 0 Å². The van der Waals surface area contributed by atoms with Gasteiger partial charge in [-0.05, 0) is 30.5 Å². The summed E-state index contributed by atoms with van der Waals surface area (Å²) in [7, 11) is 0. The second kappa shape index (κ2) is 3.38. The Morgan fingerprint density at radius 1 is 1.33 bits per heavy atom. The molecule has 0 aliphatic carbocycles. The lowest BCUT2D eigenvalue weighted by molar-refractivity contribution is 0.901. The predicted molar refractivity (Wildman–Crippen MR) is 48.5 cm³/mol. The highest BCUT2D eigenvalue weighted by Crippen LogP contribution is 2.18. The maximum atomic E-state index is 8.66. The van der Waals surface area contributed by atoms with Gasteiger partial charge in [-0.1, -0.05) is 18.2 Å². The summed E-state index contributed by atoms with van der Waals surface area (Å²) in [6.07, 6.45) is 0. The zero-order valence-electron chi connectivity index (χ0n) is 7.33. The summed E-state index contributed by atoms with van der Waals surface area (Å²) in [4.78, 5) is 0. The van der Waals surface area contributed by atoms with Crippen molar-refractivity contribution in [2.75, 3.05) is 0 Å². The highest BCUT2D eigenvalue weighted by atomic mass is 14.6. The van der Waals surface area contributed by atoms with Gasteiger partial charge >= 0.3 is 0 Å². The Morgan fingerprint density at radius 2 is 1.83 bits per heavy atom. The molecular formula is C10H12N2. The van der Waals surface area contributed by atoms with E-state index in [0.717, 1.165) is 16.7 Å². The van der Waals surface area contributed by atoms with E-state index in [9.17, 15) is 0 Å². The van der Waals surface area contributed by atoms with Crippen LogP contribution in [-0.2, 0) is 0 Å². The molecule has 2 nitrogen and oxygen atoms in total. The monoisotopic (exact) mass is 160 g/mol. The highest BCUT2D eigenvalue weighted by molar-refractivity contribution is 5.38. The average Bonchev–Trinajstić information content (AvgIpc) is 2.03. The molecule has 0 heterocycles. The zero-order chi connectivity index (χ0) is 9.14. The molecule has 2 N–H and O–H groups in total. The van der Waals surface area contributed by atoms with Crippen LogP contribution < -0.4 is 5.73 Å². The van der Waals surface area contributed by atoms with Crippen molar-refractivity contribution in [2.24, 2.45) is 5.73 Å². The maximum Gasteiger partial charge on any atom is 0.119 e. The lowest BCUT2D eigenvalue weighted by Crippen LogP contribution is -2.10. The summed E-state index contributed by atoms with van der Waals surface area (Å²) in [6, 6.07) is 7.46. The fourth-order valence-electron chi connectivity index (χ4n) is 1.38. The Balaban J connectivity index is 3.23. The molecule has 62 valence electrons. The van der Waals surface area contributed by atoms with Crippen LogP contribution in [0.3, 0.4) is 0 Å². The van der Waals surface area contributed by atoms with Crippen molar-refractivity contribution >= 4 is 0 Å². The number of nitrogens with zero attached hydrogens (tertiary/aromatic N) is 1. The highest BCUT2D eigenvalue weighted by Gasteiger charge is 2.09. The van der Waals surface area contributed by atoms with Crippen LogP contribution in [0.4, 0.5) is 0 Å². The van der Waals surface area contributed by atoms with Crippen LogP contribution >= 0.6 is 0 Å². The zero-order valence-corrected chi connectivity index (χ0v) is 7.33. The summed E-state index contributed by atoms with van der Waals surface area (Å²) in [5.41, 5.74) is 8.77. The molecule has 0 saturated carbocycles. The van der Waals surface area contributed by atoms with Crippen LogP contribution in [0.1, 0.15) is 22.7 Å². The number of benzene rings is 1. The Hall–Kier alpha value is -1.33. The van der Waals surface area contributed by atoms with E-state index in [1.807, 2.05) is 38.1 Å². The second-order valence-electron chi connectivity index (χ2n) is 2.91. The third-order valence-corrected chi connectivity index (χ3v) is 1.99. The first-order valence-corrected chi connectivity index (χ1v) is 3.88. The van der Waals surface area contributed by atoms with Gasteiger partial charge in [0.15, 0.2) is 0 Å². The summed E-state index contributed by atoms with van der Waals surface area (Å²) in [5.74, 6) is 0. The van der Waals surface area contributed by atoms with E-state index in [2.05, 4.69) is 0 Å². The Labute approximate surface area is 72.6 Å². The van der Waals surface area contributed by atoms with E-state index in [-0.39, 0.29) is 0 Å². The van der Waals surface area contributed by atoms with E-state index in [0.29, 0.717) is 0 Å². The molecule has 2 heteroatoms. The Kier molecular flexibility index (Phi) is 2.47. The molecule has 0 amide bonds. The van der Waals surface area contributed by atoms with Crippen molar-refractivity contribution in [3.05, 3.63) is 34.9 Å². The first kappa shape index (κ1) is 8.76. The van der Waals surface area contributed by atoms with Crippen molar-refractivity contribution in [1.82, 2.24) is 0 Å². The molecule has 1 aromatic carbocycles. The molecule has 12 heavy (non-hydrogen) atoms. The van der Waals surface area contributed by atoms with Crippen LogP contribution in [0.5, 0.6) is 0 Å². The number of rotatable bonds is 1. The molecular weight excluding hydrogens is 148 g/mol. The van der Waals surface area contributed by atoms with Crippen molar-refractivity contribution in [3.8, 4) is 6.07 Å². The number of nitriles is 1. The van der Waals surface area contributed by atoms with Gasteiger partial charge in [0.2, 0.25) is 0 Å². The third kappa shape index (κ3) is 1.46. The quantitative estimate of drug-likeness (QED) is 0.681. The summed E-state index contributed by atoms with van der Waals surface area (Å²) in [5, 5.41) is 8.66. The molecule has 1 atom stereocenters. The molecule has 0 bridgehead atoms. The lowest BCUT2D eigenvalue weighted by Gasteiger charge is -2.10. The lowest BCUT2D eigenvalue weighted by atomic mass is 9.98. The fraction of sp³-hybridized carbons (Fsp3) is 0.300. The molecule has 0 spiro atoms. The standard InChI is InChI=1S/C10H12N2/c1-7-4-3-5-8(2)10(7)9(12)6-11/h3-5,9H,12H2,1-2H3/t9-/m0/s1. The van der Waals surface area contributed by atoms with Crippen LogP contribution in [0.15, 0.2) is 18.2 Å². The normalized spacial score (nSPS) is 12.2. The van der Waals surface area contributed by atoms with Crippen LogP contribution in [0.2, 0.25) is 0 Å². The van der Waals surface area contributed by atoms with Crippen molar-refractivity contribution in [3.63, 3.8) is 0 Å². The van der Waals surface area contributed by atoms with Gasteiger partial charge in [0.1, 0.15) is 6.04 Å². The number of aryl methyl sites for hydroxylation is 2. The van der Waals surface area contributed by atoms with E-state index in [1.54, 1.807) is 0 Å². The van der Waals surface area contributed by atoms with Gasteiger partial charge in [-0.2, -0.15) is 5.26 Å². The van der Waals surface area contributed by atoms with Gasteiger partial charge in [0.25, 0.3) is 0 Å². The first-order chi connectivity index (χ1) is 5.66. The molecule has 0 aliphatic heterocycles. The molecule has 0 aliphatic rings. The molecule has 0 saturated heterocycles. The van der Waals surface area contributed by atoms with Gasteiger partial charge in [-0.15, -0.1) is 0 Å². The summed E-state index contributed by atoms with van der Waals surface area (Å²) < 4.78 is 0. The summed E-state index contributed by atoms with van der Waals surface area (Å²) in [6.45, 7) is 3.94. The van der Waals surface area contributed by atoms with Crippen LogP contribution in [0.25, 0.3) is 0 Å². The van der Waals surface area contributed by atoms with Crippen LogP contribution in [-0.4, -0.2) is 0 Å². The molecule has 0 radical (unpaired) electrons. The SMILES string of the molecule is Cc1cccc(C)c1[C@@H](N)C#N. The van der Waals surface area contributed by atoms with Crippen LogP contribution in [0, 0.1) is 25.2 Å². The third-order valence-electron chi connectivity index (χ3n) is 1.99. The van der Waals surface area contributed by atoms with Crippen molar-refractivity contribution < 1.29 is 0 Å². The van der Waals surface area contributed by atoms with Gasteiger partial charge in [-0.25, -0.2) is 0 Å². The maximum absolute atomic E-state index is 8.66. The Morgan fingerprint density at radius 3 is 2.25 bits per heavy atom. The van der Waals surface area contributed by atoms with E-state index in [1.165, 1.54) is 0 Å². The first-order valence-electron chi connectivity index (χ1n) is 3.88. The predicted octanol–water partition coefficient (Wildman–Crippen LogP) is 1.83. The van der Waals surface area contributed by atoms with Crippen molar-refractivity contribution in [2.45, 2.75) is 19.9 Å². The minimum Gasteiger partial charge on any atom is -0.312 e. The van der Waals surface area contributed by atoms with E-state index < -0.39 is 6.04 Å². The average molecular weight is 160 g/mol. The smallest absolute Gasteiger partial charge is 0.119 e.